The van der Waals surface area contributed by atoms with Crippen LogP contribution in [0.3, 0.4) is 0 Å². The van der Waals surface area contributed by atoms with Crippen molar-refractivity contribution in [3.8, 4) is 0 Å². The molecule has 1 amide bonds. The van der Waals surface area contributed by atoms with Crippen molar-refractivity contribution in [2.45, 2.75) is 12.8 Å². The van der Waals surface area contributed by atoms with E-state index in [2.05, 4.69) is 10.2 Å². The van der Waals surface area contributed by atoms with E-state index in [1.54, 1.807) is 0 Å². The maximum absolute atomic E-state index is 12.3. The minimum absolute atomic E-state index is 0.0241. The molecule has 2 heterocycles. The van der Waals surface area contributed by atoms with Crippen LogP contribution in [0.25, 0.3) is 10.9 Å². The van der Waals surface area contributed by atoms with E-state index in [0.29, 0.717) is 17.3 Å². The van der Waals surface area contributed by atoms with Gasteiger partial charge in [-0.05, 0) is 44.1 Å². The zero-order valence-electron chi connectivity index (χ0n) is 12.2. The van der Waals surface area contributed by atoms with Crippen LogP contribution in [0.1, 0.15) is 23.3 Å². The predicted molar refractivity (Wildman–Crippen MR) is 85.9 cm³/mol. The fourth-order valence-corrected chi connectivity index (χ4v) is 3.11. The molecule has 0 spiro atoms. The van der Waals surface area contributed by atoms with Gasteiger partial charge < -0.3 is 14.8 Å². The number of carbonyl (C=O) groups excluding carboxylic acids is 1. The van der Waals surface area contributed by atoms with Crippen LogP contribution in [0.4, 0.5) is 0 Å². The first-order valence-corrected chi connectivity index (χ1v) is 7.78. The number of fused-ring (bicyclic) bond motifs is 1. The van der Waals surface area contributed by atoms with Gasteiger partial charge in [-0.15, -0.1) is 0 Å². The van der Waals surface area contributed by atoms with Crippen LogP contribution in [-0.2, 0) is 7.05 Å². The van der Waals surface area contributed by atoms with Crippen molar-refractivity contribution in [3.05, 3.63) is 35.0 Å². The van der Waals surface area contributed by atoms with Gasteiger partial charge in [0.1, 0.15) is 5.69 Å². The number of hydrogen-bond donors (Lipinski definition) is 1. The maximum atomic E-state index is 12.3. The van der Waals surface area contributed by atoms with Crippen LogP contribution in [-0.4, -0.2) is 41.6 Å². The van der Waals surface area contributed by atoms with Gasteiger partial charge in [-0.1, -0.05) is 17.7 Å². The number of hydrogen-bond acceptors (Lipinski definition) is 2. The number of aromatic nitrogens is 1. The summed E-state index contributed by atoms with van der Waals surface area (Å²) in [5, 5.41) is 4.73. The zero-order valence-corrected chi connectivity index (χ0v) is 13.0. The van der Waals surface area contributed by atoms with Crippen LogP contribution in [0.2, 0.25) is 5.02 Å². The molecule has 3 rings (SSSR count). The topological polar surface area (TPSA) is 37.3 Å². The summed E-state index contributed by atoms with van der Waals surface area (Å²) >= 11 is 6.02. The van der Waals surface area contributed by atoms with E-state index in [-0.39, 0.29) is 5.91 Å². The molecule has 0 aliphatic carbocycles. The number of halogens is 1. The number of nitrogens with one attached hydrogen (secondary N) is 1. The molecule has 1 fully saturated rings. The Morgan fingerprint density at radius 2 is 2.05 bits per heavy atom. The van der Waals surface area contributed by atoms with E-state index in [1.165, 1.54) is 12.8 Å². The third kappa shape index (κ3) is 3.06. The van der Waals surface area contributed by atoms with E-state index in [4.69, 9.17) is 11.6 Å². The summed E-state index contributed by atoms with van der Waals surface area (Å²) in [5.74, 6) is -0.0241. The molecule has 1 aromatic carbocycles. The highest BCUT2D eigenvalue weighted by Gasteiger charge is 2.15. The van der Waals surface area contributed by atoms with Gasteiger partial charge in [0.25, 0.3) is 5.91 Å². The van der Waals surface area contributed by atoms with Crippen molar-refractivity contribution in [2.24, 2.45) is 7.05 Å². The van der Waals surface area contributed by atoms with Gasteiger partial charge in [0, 0.05) is 36.1 Å². The molecule has 1 saturated heterocycles. The first kappa shape index (κ1) is 14.4. The average Bonchev–Trinajstić information content (AvgIpc) is 3.08. The predicted octanol–water partition coefficient (Wildman–Crippen LogP) is 2.66. The van der Waals surface area contributed by atoms with E-state index < -0.39 is 0 Å². The van der Waals surface area contributed by atoms with Crippen molar-refractivity contribution in [1.29, 1.82) is 0 Å². The average molecular weight is 306 g/mol. The SMILES string of the molecule is Cn1c(C(=O)NCCN2CCCC2)cc2ccc(Cl)cc21. The Morgan fingerprint density at radius 1 is 1.29 bits per heavy atom. The summed E-state index contributed by atoms with van der Waals surface area (Å²) in [6.07, 6.45) is 2.55. The minimum atomic E-state index is -0.0241. The number of benzene rings is 1. The van der Waals surface area contributed by atoms with E-state index in [9.17, 15) is 4.79 Å². The van der Waals surface area contributed by atoms with Gasteiger partial charge in [0.2, 0.25) is 0 Å². The van der Waals surface area contributed by atoms with Crippen LogP contribution >= 0.6 is 11.6 Å². The number of rotatable bonds is 4. The Labute approximate surface area is 129 Å². The first-order valence-electron chi connectivity index (χ1n) is 7.41. The lowest BCUT2D eigenvalue weighted by Gasteiger charge is -2.14. The van der Waals surface area contributed by atoms with Crippen molar-refractivity contribution < 1.29 is 4.79 Å². The van der Waals surface area contributed by atoms with Crippen molar-refractivity contribution in [1.82, 2.24) is 14.8 Å². The van der Waals surface area contributed by atoms with Crippen LogP contribution in [0.15, 0.2) is 24.3 Å². The first-order chi connectivity index (χ1) is 10.1. The summed E-state index contributed by atoms with van der Waals surface area (Å²) in [4.78, 5) is 14.7. The lowest BCUT2D eigenvalue weighted by atomic mass is 10.2. The van der Waals surface area contributed by atoms with E-state index >= 15 is 0 Å². The Hall–Kier alpha value is -1.52. The van der Waals surface area contributed by atoms with Gasteiger partial charge in [-0.3, -0.25) is 4.79 Å². The van der Waals surface area contributed by atoms with Crippen LogP contribution in [0.5, 0.6) is 0 Å². The van der Waals surface area contributed by atoms with Gasteiger partial charge in [0.05, 0.1) is 0 Å². The molecule has 4 nitrogen and oxygen atoms in total. The summed E-state index contributed by atoms with van der Waals surface area (Å²) in [6.45, 7) is 3.94. The molecular weight excluding hydrogens is 286 g/mol. The molecule has 0 atom stereocenters. The molecule has 0 unspecified atom stereocenters. The molecule has 1 aliphatic rings. The summed E-state index contributed by atoms with van der Waals surface area (Å²) in [6, 6.07) is 7.59. The normalized spacial score (nSPS) is 15.7. The second-order valence-electron chi connectivity index (χ2n) is 5.60. The van der Waals surface area contributed by atoms with Crippen LogP contribution < -0.4 is 5.32 Å². The molecule has 0 bridgehead atoms. The summed E-state index contributed by atoms with van der Waals surface area (Å²) in [7, 11) is 1.90. The molecule has 0 saturated carbocycles. The Kier molecular flexibility index (Phi) is 4.17. The monoisotopic (exact) mass is 305 g/mol. The number of amides is 1. The number of likely N-dealkylation sites (tertiary alicyclic amines) is 1. The zero-order chi connectivity index (χ0) is 14.8. The fourth-order valence-electron chi connectivity index (χ4n) is 2.95. The van der Waals surface area contributed by atoms with Crippen LogP contribution in [0, 0.1) is 0 Å². The minimum Gasteiger partial charge on any atom is -0.349 e. The maximum Gasteiger partial charge on any atom is 0.267 e. The number of aryl methyl sites for hydroxylation is 1. The van der Waals surface area contributed by atoms with Gasteiger partial charge in [-0.2, -0.15) is 0 Å². The lowest BCUT2D eigenvalue weighted by molar-refractivity contribution is 0.0942. The van der Waals surface area contributed by atoms with Crippen molar-refractivity contribution >= 4 is 28.4 Å². The quantitative estimate of drug-likeness (QED) is 0.943. The highest BCUT2D eigenvalue weighted by Crippen LogP contribution is 2.22. The van der Waals surface area contributed by atoms with Gasteiger partial charge in [0.15, 0.2) is 0 Å². The van der Waals surface area contributed by atoms with Crippen molar-refractivity contribution in [3.63, 3.8) is 0 Å². The molecule has 112 valence electrons. The number of carbonyl (C=O) groups is 1. The summed E-state index contributed by atoms with van der Waals surface area (Å²) < 4.78 is 1.90. The smallest absolute Gasteiger partial charge is 0.267 e. The largest absolute Gasteiger partial charge is 0.349 e. The third-order valence-electron chi connectivity index (χ3n) is 4.15. The third-order valence-corrected chi connectivity index (χ3v) is 4.39. The molecule has 1 aliphatic heterocycles. The lowest BCUT2D eigenvalue weighted by Crippen LogP contribution is -2.34. The highest BCUT2D eigenvalue weighted by molar-refractivity contribution is 6.31. The molecule has 1 N–H and O–H groups in total. The van der Waals surface area contributed by atoms with E-state index in [1.807, 2.05) is 35.9 Å². The summed E-state index contributed by atoms with van der Waals surface area (Å²) in [5.41, 5.74) is 1.65. The Balaban J connectivity index is 1.67. The molecule has 2 aromatic rings. The van der Waals surface area contributed by atoms with E-state index in [0.717, 1.165) is 30.5 Å². The second kappa shape index (κ2) is 6.08. The molecule has 5 heteroatoms. The van der Waals surface area contributed by atoms with Gasteiger partial charge >= 0.3 is 0 Å². The highest BCUT2D eigenvalue weighted by atomic mass is 35.5. The Bertz CT molecular complexity index is 659. The second-order valence-corrected chi connectivity index (χ2v) is 6.03. The fraction of sp³-hybridized carbons (Fsp3) is 0.438. The molecular formula is C16H20ClN3O. The molecule has 0 radical (unpaired) electrons. The van der Waals surface area contributed by atoms with Crippen molar-refractivity contribution in [2.75, 3.05) is 26.2 Å². The molecule has 1 aromatic heterocycles. The standard InChI is InChI=1S/C16H20ClN3O/c1-19-14-11-13(17)5-4-12(14)10-15(19)16(21)18-6-9-20-7-2-3-8-20/h4-5,10-11H,2-3,6-9H2,1H3,(H,18,21). The molecule has 21 heavy (non-hydrogen) atoms. The Morgan fingerprint density at radius 3 is 2.81 bits per heavy atom. The number of nitrogens with zero attached hydrogens (tertiary/aromatic N) is 2. The van der Waals surface area contributed by atoms with Gasteiger partial charge in [-0.25, -0.2) is 0 Å².